The van der Waals surface area contributed by atoms with Crippen molar-refractivity contribution in [1.29, 1.82) is 0 Å². The fourth-order valence-electron chi connectivity index (χ4n) is 2.99. The van der Waals surface area contributed by atoms with Gasteiger partial charge in [0.25, 0.3) is 5.91 Å². The number of fused-ring (bicyclic) bond motifs is 1. The lowest BCUT2D eigenvalue weighted by atomic mass is 10.0. The van der Waals surface area contributed by atoms with Crippen LogP contribution in [0.3, 0.4) is 0 Å². The molecule has 3 heterocycles. The minimum atomic E-state index is -1.59. The van der Waals surface area contributed by atoms with Gasteiger partial charge in [0, 0.05) is 31.0 Å². The number of anilines is 1. The van der Waals surface area contributed by atoms with E-state index in [4.69, 9.17) is 0 Å². The molecule has 0 radical (unpaired) electrons. The number of halogens is 1. The van der Waals surface area contributed by atoms with Gasteiger partial charge in [-0.25, -0.2) is 8.91 Å². The fourth-order valence-corrected chi connectivity index (χ4v) is 2.99. The van der Waals surface area contributed by atoms with Gasteiger partial charge in [-0.05, 0) is 39.8 Å². The lowest BCUT2D eigenvalue weighted by molar-refractivity contribution is -0.00177. The molecular weight excluding hydrogens is 375 g/mol. The van der Waals surface area contributed by atoms with Crippen LogP contribution in [0.2, 0.25) is 0 Å². The number of aromatic nitrogens is 4. The Morgan fingerprint density at radius 1 is 1.34 bits per heavy atom. The van der Waals surface area contributed by atoms with E-state index in [9.17, 15) is 14.3 Å². The van der Waals surface area contributed by atoms with Crippen molar-refractivity contribution in [3.63, 3.8) is 0 Å². The number of nitrogens with one attached hydrogen (secondary N) is 2. The second-order valence-corrected chi connectivity index (χ2v) is 7.96. The molecule has 0 saturated heterocycles. The molecule has 3 rings (SSSR count). The number of nitrogens with zero attached hydrogens (tertiary/aromatic N) is 4. The van der Waals surface area contributed by atoms with Crippen molar-refractivity contribution in [2.45, 2.75) is 45.5 Å². The first-order valence-corrected chi connectivity index (χ1v) is 9.49. The van der Waals surface area contributed by atoms with Gasteiger partial charge in [-0.1, -0.05) is 0 Å². The molecule has 0 fully saturated rings. The van der Waals surface area contributed by atoms with E-state index < -0.39 is 17.7 Å². The highest BCUT2D eigenvalue weighted by Gasteiger charge is 2.27. The van der Waals surface area contributed by atoms with Crippen LogP contribution in [0.15, 0.2) is 30.7 Å². The fraction of sp³-hybridized carbons (Fsp3) is 0.450. The quantitative estimate of drug-likeness (QED) is 0.564. The molecule has 1 unspecified atom stereocenters. The number of aliphatic hydroxyl groups is 1. The van der Waals surface area contributed by atoms with Gasteiger partial charge < -0.3 is 15.7 Å². The molecule has 0 aliphatic rings. The average Bonchev–Trinajstić information content (AvgIpc) is 3.24. The molecule has 0 saturated carbocycles. The highest BCUT2D eigenvalue weighted by atomic mass is 19.1. The number of amides is 1. The van der Waals surface area contributed by atoms with Crippen LogP contribution in [0.4, 0.5) is 10.1 Å². The minimum absolute atomic E-state index is 0.0631. The van der Waals surface area contributed by atoms with Crippen LogP contribution < -0.4 is 10.6 Å². The third kappa shape index (κ3) is 4.40. The number of aryl methyl sites for hydroxylation is 1. The summed E-state index contributed by atoms with van der Waals surface area (Å²) in [4.78, 5) is 12.7. The van der Waals surface area contributed by atoms with E-state index >= 15 is 0 Å². The van der Waals surface area contributed by atoms with Gasteiger partial charge in [0.05, 0.1) is 40.8 Å². The zero-order valence-electron chi connectivity index (χ0n) is 17.3. The Labute approximate surface area is 168 Å². The summed E-state index contributed by atoms with van der Waals surface area (Å²) in [5, 5.41) is 24.1. The first-order chi connectivity index (χ1) is 13.6. The van der Waals surface area contributed by atoms with E-state index in [1.54, 1.807) is 15.4 Å². The van der Waals surface area contributed by atoms with Crippen LogP contribution in [0, 0.1) is 0 Å². The molecule has 8 nitrogen and oxygen atoms in total. The van der Waals surface area contributed by atoms with E-state index in [1.165, 1.54) is 20.0 Å². The summed E-state index contributed by atoms with van der Waals surface area (Å²) in [6, 6.07) is 3.89. The first kappa shape index (κ1) is 20.8. The zero-order chi connectivity index (χ0) is 21.3. The molecular formula is C20H27FN6O2. The topological polar surface area (TPSA) is 96.5 Å². The Morgan fingerprint density at radius 3 is 2.66 bits per heavy atom. The van der Waals surface area contributed by atoms with Crippen molar-refractivity contribution in [2.24, 2.45) is 7.05 Å². The maximum atomic E-state index is 14.0. The molecule has 1 atom stereocenters. The predicted octanol–water partition coefficient (Wildman–Crippen LogP) is 2.39. The third-order valence-corrected chi connectivity index (χ3v) is 4.64. The molecule has 3 aromatic rings. The first-order valence-electron chi connectivity index (χ1n) is 9.49. The minimum Gasteiger partial charge on any atom is -0.387 e. The number of hydrogen-bond acceptors (Lipinski definition) is 5. The average molecular weight is 402 g/mol. The summed E-state index contributed by atoms with van der Waals surface area (Å²) in [5.74, 6) is -0.460. The summed E-state index contributed by atoms with van der Waals surface area (Å²) >= 11 is 0. The number of rotatable bonds is 7. The highest BCUT2D eigenvalue weighted by molar-refractivity contribution is 6.03. The Balaban J connectivity index is 1.98. The van der Waals surface area contributed by atoms with Crippen LogP contribution >= 0.6 is 0 Å². The van der Waals surface area contributed by atoms with Crippen LogP contribution in [0.25, 0.3) is 16.8 Å². The number of carbonyl (C=O) groups is 1. The summed E-state index contributed by atoms with van der Waals surface area (Å²) in [7, 11) is 1.85. The molecule has 0 aromatic carbocycles. The molecule has 0 aliphatic carbocycles. The van der Waals surface area contributed by atoms with E-state index in [0.29, 0.717) is 11.3 Å². The smallest absolute Gasteiger partial charge is 0.255 e. The molecule has 0 bridgehead atoms. The zero-order valence-corrected chi connectivity index (χ0v) is 17.3. The SMILES string of the molecule is CC(C)Nc1c(C(=O)NCC(F)C(C)(C)O)cnn2cc(-c3ccnn3C)cc12. The normalized spacial score (nSPS) is 13.1. The maximum absolute atomic E-state index is 14.0. The van der Waals surface area contributed by atoms with Gasteiger partial charge in [-0.15, -0.1) is 0 Å². The van der Waals surface area contributed by atoms with E-state index in [-0.39, 0.29) is 12.6 Å². The van der Waals surface area contributed by atoms with E-state index in [0.717, 1.165) is 16.8 Å². The third-order valence-electron chi connectivity index (χ3n) is 4.64. The monoisotopic (exact) mass is 402 g/mol. The summed E-state index contributed by atoms with van der Waals surface area (Å²) in [6.07, 6.45) is 3.45. The summed E-state index contributed by atoms with van der Waals surface area (Å²) in [5.41, 5.74) is 1.94. The standard InChI is InChI=1S/C20H27FN6O2/c1-12(2)25-18-14(19(28)22-10-17(21)20(3,4)29)9-24-27-11-13(8-16(18)27)15-6-7-23-26(15)5/h6-9,11-12,17,25,29H,10H2,1-5H3,(H,22,28). The summed E-state index contributed by atoms with van der Waals surface area (Å²) in [6.45, 7) is 6.37. The summed E-state index contributed by atoms with van der Waals surface area (Å²) < 4.78 is 17.5. The maximum Gasteiger partial charge on any atom is 0.255 e. The molecule has 9 heteroatoms. The number of hydrogen-bond donors (Lipinski definition) is 3. The van der Waals surface area contributed by atoms with Crippen molar-refractivity contribution in [1.82, 2.24) is 24.7 Å². The van der Waals surface area contributed by atoms with Gasteiger partial charge >= 0.3 is 0 Å². The van der Waals surface area contributed by atoms with Crippen molar-refractivity contribution < 1.29 is 14.3 Å². The van der Waals surface area contributed by atoms with Gasteiger partial charge in [0.15, 0.2) is 0 Å². The highest BCUT2D eigenvalue weighted by Crippen LogP contribution is 2.28. The Bertz CT molecular complexity index is 1020. The molecule has 1 amide bonds. The van der Waals surface area contributed by atoms with E-state index in [2.05, 4.69) is 20.8 Å². The molecule has 3 N–H and O–H groups in total. The lowest BCUT2D eigenvalue weighted by Gasteiger charge is -2.23. The molecule has 0 spiro atoms. The lowest BCUT2D eigenvalue weighted by Crippen LogP contribution is -2.42. The van der Waals surface area contributed by atoms with Crippen LogP contribution in [-0.2, 0) is 7.05 Å². The predicted molar refractivity (Wildman–Crippen MR) is 110 cm³/mol. The second-order valence-electron chi connectivity index (χ2n) is 7.96. The largest absolute Gasteiger partial charge is 0.387 e. The van der Waals surface area contributed by atoms with Crippen LogP contribution in [-0.4, -0.2) is 54.8 Å². The Kier molecular flexibility index (Phi) is 5.61. The van der Waals surface area contributed by atoms with Crippen LogP contribution in [0.1, 0.15) is 38.1 Å². The number of carbonyl (C=O) groups excluding carboxylic acids is 1. The van der Waals surface area contributed by atoms with Crippen molar-refractivity contribution in [2.75, 3.05) is 11.9 Å². The van der Waals surface area contributed by atoms with Gasteiger partial charge in [0.1, 0.15) is 6.17 Å². The van der Waals surface area contributed by atoms with Crippen LogP contribution in [0.5, 0.6) is 0 Å². The molecule has 156 valence electrons. The van der Waals surface area contributed by atoms with E-state index in [1.807, 2.05) is 39.2 Å². The molecule has 0 aliphatic heterocycles. The Hall–Kier alpha value is -2.94. The second kappa shape index (κ2) is 7.82. The molecule has 29 heavy (non-hydrogen) atoms. The van der Waals surface area contributed by atoms with Gasteiger partial charge in [0.2, 0.25) is 0 Å². The number of alkyl halides is 1. The molecule has 3 aromatic heterocycles. The van der Waals surface area contributed by atoms with Crippen molar-refractivity contribution in [3.05, 3.63) is 36.3 Å². The van der Waals surface area contributed by atoms with Crippen molar-refractivity contribution in [3.8, 4) is 11.3 Å². The van der Waals surface area contributed by atoms with Gasteiger partial charge in [-0.2, -0.15) is 10.2 Å². The Morgan fingerprint density at radius 2 is 2.07 bits per heavy atom. The van der Waals surface area contributed by atoms with Gasteiger partial charge in [-0.3, -0.25) is 9.48 Å². The van der Waals surface area contributed by atoms with Crippen molar-refractivity contribution >= 4 is 17.1 Å².